The number of nitrogens with zero attached hydrogens (tertiary/aromatic N) is 2. The van der Waals surface area contributed by atoms with Crippen LogP contribution in [-0.4, -0.2) is 10.1 Å². The van der Waals surface area contributed by atoms with Crippen LogP contribution in [0.4, 0.5) is 5.69 Å². The van der Waals surface area contributed by atoms with E-state index in [-0.39, 0.29) is 0 Å². The van der Waals surface area contributed by atoms with E-state index in [2.05, 4.69) is 10.1 Å². The molecule has 2 aromatic heterocycles. The number of rotatable bonds is 1. The number of anilines is 1. The summed E-state index contributed by atoms with van der Waals surface area (Å²) < 4.78 is 4.95. The molecule has 0 aliphatic rings. The first kappa shape index (κ1) is 7.79. The van der Waals surface area contributed by atoms with E-state index >= 15 is 0 Å². The number of hydrogen-bond acceptors (Lipinski definition) is 4. The van der Waals surface area contributed by atoms with E-state index < -0.39 is 0 Å². The molecule has 2 heterocycles. The minimum atomic E-state index is 0.633. The van der Waals surface area contributed by atoms with Gasteiger partial charge in [0.05, 0.1) is 18.1 Å². The minimum Gasteiger partial charge on any atom is -0.397 e. The predicted octanol–water partition coefficient (Wildman–Crippen LogP) is 1.63. The molecule has 2 rings (SSSR count). The van der Waals surface area contributed by atoms with Gasteiger partial charge < -0.3 is 10.3 Å². The van der Waals surface area contributed by atoms with Gasteiger partial charge in [0.1, 0.15) is 5.76 Å². The smallest absolute Gasteiger partial charge is 0.141 e. The maximum atomic E-state index is 5.75. The maximum absolute atomic E-state index is 5.75. The Labute approximate surface area is 75.4 Å². The molecule has 0 aliphatic heterocycles. The van der Waals surface area contributed by atoms with Crippen LogP contribution in [0.15, 0.2) is 29.2 Å². The number of aryl methyl sites for hydroxylation is 1. The lowest BCUT2D eigenvalue weighted by Gasteiger charge is -2.00. The van der Waals surface area contributed by atoms with Gasteiger partial charge in [-0.1, -0.05) is 5.16 Å². The lowest BCUT2D eigenvalue weighted by molar-refractivity contribution is 0.398. The second-order valence-corrected chi connectivity index (χ2v) is 2.76. The van der Waals surface area contributed by atoms with E-state index in [9.17, 15) is 0 Å². The Hall–Kier alpha value is -1.84. The third kappa shape index (κ3) is 1.26. The van der Waals surface area contributed by atoms with E-state index in [4.69, 9.17) is 10.3 Å². The highest BCUT2D eigenvalue weighted by Gasteiger charge is 2.08. The fraction of sp³-hybridized carbons (Fsp3) is 0.111. The Morgan fingerprint density at radius 2 is 2.15 bits per heavy atom. The molecule has 13 heavy (non-hydrogen) atoms. The molecule has 2 aromatic rings. The van der Waals surface area contributed by atoms with Crippen LogP contribution in [-0.2, 0) is 0 Å². The molecule has 0 bridgehead atoms. The number of nitrogen functional groups attached to an aromatic ring is 1. The summed E-state index contributed by atoms with van der Waals surface area (Å²) in [5, 5.41) is 3.69. The Balaban J connectivity index is 2.59. The second kappa shape index (κ2) is 2.90. The molecule has 0 unspecified atom stereocenters. The van der Waals surface area contributed by atoms with Gasteiger partial charge in [-0.3, -0.25) is 4.98 Å². The normalized spacial score (nSPS) is 10.2. The fourth-order valence-corrected chi connectivity index (χ4v) is 1.21. The summed E-state index contributed by atoms with van der Waals surface area (Å²) in [4.78, 5) is 3.91. The van der Waals surface area contributed by atoms with Gasteiger partial charge in [0, 0.05) is 17.3 Å². The van der Waals surface area contributed by atoms with Gasteiger partial charge in [0.15, 0.2) is 0 Å². The van der Waals surface area contributed by atoms with Crippen molar-refractivity contribution in [2.45, 2.75) is 6.92 Å². The Bertz CT molecular complexity index is 422. The Morgan fingerprint density at radius 3 is 2.77 bits per heavy atom. The number of pyridine rings is 1. The van der Waals surface area contributed by atoms with Gasteiger partial charge in [-0.2, -0.15) is 0 Å². The molecule has 4 nitrogen and oxygen atoms in total. The Kier molecular flexibility index (Phi) is 1.73. The van der Waals surface area contributed by atoms with Crippen molar-refractivity contribution in [3.8, 4) is 11.1 Å². The summed E-state index contributed by atoms with van der Waals surface area (Å²) in [7, 11) is 0. The third-order valence-corrected chi connectivity index (χ3v) is 1.89. The van der Waals surface area contributed by atoms with Crippen molar-refractivity contribution in [3.05, 3.63) is 30.4 Å². The number of aromatic nitrogens is 2. The summed E-state index contributed by atoms with van der Waals surface area (Å²) >= 11 is 0. The zero-order valence-electron chi connectivity index (χ0n) is 7.19. The molecule has 0 spiro atoms. The van der Waals surface area contributed by atoms with Crippen molar-refractivity contribution < 1.29 is 4.52 Å². The topological polar surface area (TPSA) is 64.9 Å². The van der Waals surface area contributed by atoms with Crippen LogP contribution in [0.5, 0.6) is 0 Å². The summed E-state index contributed by atoms with van der Waals surface area (Å²) in [5.74, 6) is 0.762. The van der Waals surface area contributed by atoms with E-state index in [1.54, 1.807) is 18.6 Å². The van der Waals surface area contributed by atoms with Gasteiger partial charge in [-0.15, -0.1) is 0 Å². The van der Waals surface area contributed by atoms with Crippen molar-refractivity contribution in [1.82, 2.24) is 10.1 Å². The van der Waals surface area contributed by atoms with Gasteiger partial charge in [-0.25, -0.2) is 0 Å². The summed E-state index contributed by atoms with van der Waals surface area (Å²) in [6.45, 7) is 1.85. The van der Waals surface area contributed by atoms with Gasteiger partial charge >= 0.3 is 0 Å². The lowest BCUT2D eigenvalue weighted by Crippen LogP contribution is -1.90. The van der Waals surface area contributed by atoms with Crippen LogP contribution < -0.4 is 5.73 Å². The van der Waals surface area contributed by atoms with Crippen LogP contribution >= 0.6 is 0 Å². The van der Waals surface area contributed by atoms with Crippen LogP contribution in [0, 0.1) is 6.92 Å². The van der Waals surface area contributed by atoms with Gasteiger partial charge in [0.25, 0.3) is 0 Å². The standard InChI is InChI=1S/C9H9N3O/c1-6-8(4-12-13-6)7-2-3-11-5-9(7)10/h2-5H,10H2,1H3. The highest BCUT2D eigenvalue weighted by atomic mass is 16.5. The van der Waals surface area contributed by atoms with E-state index in [1.165, 1.54) is 0 Å². The monoisotopic (exact) mass is 175 g/mol. The molecule has 0 saturated carbocycles. The van der Waals surface area contributed by atoms with E-state index in [0.717, 1.165) is 16.9 Å². The molecule has 0 aliphatic carbocycles. The molecule has 0 aromatic carbocycles. The summed E-state index contributed by atoms with van der Waals surface area (Å²) in [6, 6.07) is 1.84. The Morgan fingerprint density at radius 1 is 1.31 bits per heavy atom. The molecule has 0 amide bonds. The zero-order chi connectivity index (χ0) is 9.26. The van der Waals surface area contributed by atoms with Crippen molar-refractivity contribution in [2.75, 3.05) is 5.73 Å². The molecule has 2 N–H and O–H groups in total. The van der Waals surface area contributed by atoms with Gasteiger partial charge in [0.2, 0.25) is 0 Å². The van der Waals surface area contributed by atoms with Crippen LogP contribution in [0.2, 0.25) is 0 Å². The predicted molar refractivity (Wildman–Crippen MR) is 48.9 cm³/mol. The maximum Gasteiger partial charge on any atom is 0.141 e. The molecule has 0 atom stereocenters. The van der Waals surface area contributed by atoms with Gasteiger partial charge in [-0.05, 0) is 13.0 Å². The molecule has 0 saturated heterocycles. The third-order valence-electron chi connectivity index (χ3n) is 1.89. The van der Waals surface area contributed by atoms with Crippen LogP contribution in [0.3, 0.4) is 0 Å². The molecule has 0 fully saturated rings. The largest absolute Gasteiger partial charge is 0.397 e. The lowest BCUT2D eigenvalue weighted by atomic mass is 10.1. The molecular formula is C9H9N3O. The SMILES string of the molecule is Cc1oncc1-c1ccncc1N. The van der Waals surface area contributed by atoms with Crippen molar-refractivity contribution >= 4 is 5.69 Å². The van der Waals surface area contributed by atoms with Crippen LogP contribution in [0.25, 0.3) is 11.1 Å². The van der Waals surface area contributed by atoms with Crippen molar-refractivity contribution in [2.24, 2.45) is 0 Å². The first-order valence-electron chi connectivity index (χ1n) is 3.90. The summed E-state index contributed by atoms with van der Waals surface area (Å²) in [6.07, 6.45) is 4.96. The molecule has 4 heteroatoms. The number of hydrogen-bond donors (Lipinski definition) is 1. The first-order chi connectivity index (χ1) is 6.29. The van der Waals surface area contributed by atoms with Crippen LogP contribution in [0.1, 0.15) is 5.76 Å². The first-order valence-corrected chi connectivity index (χ1v) is 3.90. The van der Waals surface area contributed by atoms with E-state index in [1.807, 2.05) is 13.0 Å². The molecular weight excluding hydrogens is 166 g/mol. The zero-order valence-corrected chi connectivity index (χ0v) is 7.19. The number of nitrogens with two attached hydrogens (primary N) is 1. The average Bonchev–Trinajstić information content (AvgIpc) is 2.52. The van der Waals surface area contributed by atoms with Crippen molar-refractivity contribution in [1.29, 1.82) is 0 Å². The second-order valence-electron chi connectivity index (χ2n) is 2.76. The van der Waals surface area contributed by atoms with Crippen molar-refractivity contribution in [3.63, 3.8) is 0 Å². The fourth-order valence-electron chi connectivity index (χ4n) is 1.21. The highest BCUT2D eigenvalue weighted by molar-refractivity contribution is 5.75. The van der Waals surface area contributed by atoms with E-state index in [0.29, 0.717) is 5.69 Å². The average molecular weight is 175 g/mol. The minimum absolute atomic E-state index is 0.633. The highest BCUT2D eigenvalue weighted by Crippen LogP contribution is 2.26. The molecule has 0 radical (unpaired) electrons. The quantitative estimate of drug-likeness (QED) is 0.715. The summed E-state index contributed by atoms with van der Waals surface area (Å²) in [5.41, 5.74) is 8.21. The molecule has 66 valence electrons.